The van der Waals surface area contributed by atoms with Gasteiger partial charge in [0.25, 0.3) is 0 Å². The van der Waals surface area contributed by atoms with Crippen LogP contribution in [0.3, 0.4) is 0 Å². The topological polar surface area (TPSA) is 33.1 Å². The van der Waals surface area contributed by atoms with Gasteiger partial charge in [0.1, 0.15) is 5.15 Å². The van der Waals surface area contributed by atoms with Gasteiger partial charge in [-0.05, 0) is 29.3 Å². The molecular formula is C13H12ClNOS. The number of aliphatic hydroxyl groups is 1. The van der Waals surface area contributed by atoms with Crippen LogP contribution in [0.2, 0.25) is 5.15 Å². The van der Waals surface area contributed by atoms with Crippen LogP contribution in [0, 0.1) is 0 Å². The molecule has 0 unspecified atom stereocenters. The molecule has 0 aliphatic rings. The van der Waals surface area contributed by atoms with E-state index >= 15 is 0 Å². The summed E-state index contributed by atoms with van der Waals surface area (Å²) in [7, 11) is 0. The van der Waals surface area contributed by atoms with Crippen LogP contribution in [0.15, 0.2) is 47.5 Å². The Morgan fingerprint density at radius 3 is 2.35 bits per heavy atom. The third-order valence-electron chi connectivity index (χ3n) is 2.30. The lowest BCUT2D eigenvalue weighted by molar-refractivity contribution is 0.282. The molecule has 17 heavy (non-hydrogen) atoms. The Morgan fingerprint density at radius 1 is 1.06 bits per heavy atom. The van der Waals surface area contributed by atoms with Gasteiger partial charge in [0.15, 0.2) is 0 Å². The van der Waals surface area contributed by atoms with E-state index < -0.39 is 0 Å². The zero-order valence-electron chi connectivity index (χ0n) is 9.14. The second-order valence-electron chi connectivity index (χ2n) is 3.58. The first-order chi connectivity index (χ1) is 8.28. The molecule has 0 radical (unpaired) electrons. The Labute approximate surface area is 110 Å². The molecule has 1 aromatic carbocycles. The summed E-state index contributed by atoms with van der Waals surface area (Å²) >= 11 is 7.45. The van der Waals surface area contributed by atoms with Crippen LogP contribution in [0.5, 0.6) is 0 Å². The predicted molar refractivity (Wildman–Crippen MR) is 71.2 cm³/mol. The molecule has 1 aromatic heterocycles. The maximum absolute atomic E-state index is 8.93. The van der Waals surface area contributed by atoms with Gasteiger partial charge in [0, 0.05) is 16.8 Å². The van der Waals surface area contributed by atoms with Crippen LogP contribution >= 0.6 is 23.4 Å². The fourth-order valence-electron chi connectivity index (χ4n) is 1.35. The molecular weight excluding hydrogens is 254 g/mol. The Morgan fingerprint density at radius 2 is 1.76 bits per heavy atom. The first-order valence-corrected chi connectivity index (χ1v) is 6.57. The van der Waals surface area contributed by atoms with E-state index in [1.807, 2.05) is 30.3 Å². The minimum absolute atomic E-state index is 0.0893. The molecule has 0 saturated carbocycles. The first kappa shape index (κ1) is 12.4. The number of aliphatic hydroxyl groups excluding tert-OH is 1. The van der Waals surface area contributed by atoms with Gasteiger partial charge in [-0.3, -0.25) is 0 Å². The molecule has 4 heteroatoms. The minimum Gasteiger partial charge on any atom is -0.392 e. The molecule has 0 aliphatic carbocycles. The minimum atomic E-state index is 0.0893. The molecule has 1 N–H and O–H groups in total. The zero-order chi connectivity index (χ0) is 12.1. The van der Waals surface area contributed by atoms with E-state index in [9.17, 15) is 0 Å². The number of thioether (sulfide) groups is 1. The SMILES string of the molecule is OCc1ccc(SCc2ccc(Cl)nc2)cc1. The van der Waals surface area contributed by atoms with Gasteiger partial charge in [0.05, 0.1) is 6.61 Å². The standard InChI is InChI=1S/C13H12ClNOS/c14-13-6-3-11(7-15-13)9-17-12-4-1-10(8-16)2-5-12/h1-7,16H,8-9H2. The lowest BCUT2D eigenvalue weighted by atomic mass is 10.2. The summed E-state index contributed by atoms with van der Waals surface area (Å²) in [6.07, 6.45) is 1.79. The fourth-order valence-corrected chi connectivity index (χ4v) is 2.29. The van der Waals surface area contributed by atoms with E-state index in [1.54, 1.807) is 24.0 Å². The van der Waals surface area contributed by atoms with Gasteiger partial charge in [-0.2, -0.15) is 0 Å². The van der Waals surface area contributed by atoms with Crippen molar-refractivity contribution in [3.63, 3.8) is 0 Å². The van der Waals surface area contributed by atoms with E-state index in [4.69, 9.17) is 16.7 Å². The number of rotatable bonds is 4. The van der Waals surface area contributed by atoms with E-state index in [-0.39, 0.29) is 6.61 Å². The number of benzene rings is 1. The van der Waals surface area contributed by atoms with Crippen molar-refractivity contribution in [2.45, 2.75) is 17.3 Å². The van der Waals surface area contributed by atoms with Crippen molar-refractivity contribution in [1.29, 1.82) is 0 Å². The second kappa shape index (κ2) is 6.05. The monoisotopic (exact) mass is 265 g/mol. The molecule has 0 fully saturated rings. The van der Waals surface area contributed by atoms with E-state index in [2.05, 4.69) is 4.98 Å². The van der Waals surface area contributed by atoms with Gasteiger partial charge in [-0.25, -0.2) is 4.98 Å². The highest BCUT2D eigenvalue weighted by Crippen LogP contribution is 2.23. The number of pyridine rings is 1. The molecule has 1 heterocycles. The normalized spacial score (nSPS) is 10.5. The second-order valence-corrected chi connectivity index (χ2v) is 5.02. The fraction of sp³-hybridized carbons (Fsp3) is 0.154. The van der Waals surface area contributed by atoms with E-state index in [0.717, 1.165) is 16.9 Å². The summed E-state index contributed by atoms with van der Waals surface area (Å²) in [6.45, 7) is 0.0893. The molecule has 2 nitrogen and oxygen atoms in total. The molecule has 0 amide bonds. The molecule has 0 saturated heterocycles. The van der Waals surface area contributed by atoms with Crippen molar-refractivity contribution in [2.75, 3.05) is 0 Å². The summed E-state index contributed by atoms with van der Waals surface area (Å²) in [6, 6.07) is 11.7. The average Bonchev–Trinajstić information content (AvgIpc) is 2.39. The van der Waals surface area contributed by atoms with Crippen LogP contribution in [0.1, 0.15) is 11.1 Å². The van der Waals surface area contributed by atoms with Crippen LogP contribution < -0.4 is 0 Å². The van der Waals surface area contributed by atoms with E-state index in [1.165, 1.54) is 4.90 Å². The number of aromatic nitrogens is 1. The number of hydrogen-bond acceptors (Lipinski definition) is 3. The number of nitrogens with zero attached hydrogens (tertiary/aromatic N) is 1. The Balaban J connectivity index is 1.95. The van der Waals surface area contributed by atoms with E-state index in [0.29, 0.717) is 5.15 Å². The first-order valence-electron chi connectivity index (χ1n) is 5.21. The van der Waals surface area contributed by atoms with Crippen LogP contribution in [-0.2, 0) is 12.4 Å². The number of halogens is 1. The lowest BCUT2D eigenvalue weighted by Crippen LogP contribution is -1.84. The van der Waals surface area contributed by atoms with Crippen molar-refractivity contribution in [2.24, 2.45) is 0 Å². The molecule has 0 atom stereocenters. The van der Waals surface area contributed by atoms with Gasteiger partial charge < -0.3 is 5.11 Å². The smallest absolute Gasteiger partial charge is 0.129 e. The van der Waals surface area contributed by atoms with Crippen LogP contribution in [0.25, 0.3) is 0 Å². The Kier molecular flexibility index (Phi) is 4.42. The average molecular weight is 266 g/mol. The highest BCUT2D eigenvalue weighted by molar-refractivity contribution is 7.98. The zero-order valence-corrected chi connectivity index (χ0v) is 10.7. The molecule has 88 valence electrons. The third kappa shape index (κ3) is 3.73. The summed E-state index contributed by atoms with van der Waals surface area (Å²) < 4.78 is 0. The molecule has 2 rings (SSSR count). The largest absolute Gasteiger partial charge is 0.392 e. The maximum atomic E-state index is 8.93. The van der Waals surface area contributed by atoms with Crippen molar-refractivity contribution < 1.29 is 5.11 Å². The summed E-state index contributed by atoms with van der Waals surface area (Å²) in [4.78, 5) is 5.22. The van der Waals surface area contributed by atoms with Crippen molar-refractivity contribution >= 4 is 23.4 Å². The summed E-state index contributed by atoms with van der Waals surface area (Å²) in [5.74, 6) is 0.864. The van der Waals surface area contributed by atoms with Crippen LogP contribution in [-0.4, -0.2) is 10.1 Å². The molecule has 0 bridgehead atoms. The Hall–Kier alpha value is -1.03. The third-order valence-corrected chi connectivity index (χ3v) is 3.61. The highest BCUT2D eigenvalue weighted by Gasteiger charge is 1.98. The number of hydrogen-bond donors (Lipinski definition) is 1. The van der Waals surface area contributed by atoms with Gasteiger partial charge in [0.2, 0.25) is 0 Å². The van der Waals surface area contributed by atoms with Crippen molar-refractivity contribution in [1.82, 2.24) is 4.98 Å². The molecule has 2 aromatic rings. The highest BCUT2D eigenvalue weighted by atomic mass is 35.5. The predicted octanol–water partition coefficient (Wildman–Crippen LogP) is 3.52. The molecule has 0 aliphatic heterocycles. The lowest BCUT2D eigenvalue weighted by Gasteiger charge is -2.03. The van der Waals surface area contributed by atoms with Gasteiger partial charge >= 0.3 is 0 Å². The Bertz CT molecular complexity index is 470. The van der Waals surface area contributed by atoms with Gasteiger partial charge in [-0.1, -0.05) is 29.8 Å². The van der Waals surface area contributed by atoms with Crippen molar-refractivity contribution in [3.05, 3.63) is 58.9 Å². The molecule has 0 spiro atoms. The summed E-state index contributed by atoms with van der Waals surface area (Å²) in [5.41, 5.74) is 2.08. The summed E-state index contributed by atoms with van der Waals surface area (Å²) in [5, 5.41) is 9.45. The maximum Gasteiger partial charge on any atom is 0.129 e. The quantitative estimate of drug-likeness (QED) is 0.678. The van der Waals surface area contributed by atoms with Crippen LogP contribution in [0.4, 0.5) is 0 Å². The van der Waals surface area contributed by atoms with Gasteiger partial charge in [-0.15, -0.1) is 11.8 Å². The van der Waals surface area contributed by atoms with Crippen molar-refractivity contribution in [3.8, 4) is 0 Å².